The molecule has 1 aliphatic rings. The summed E-state index contributed by atoms with van der Waals surface area (Å²) in [7, 11) is 0. The van der Waals surface area contributed by atoms with Crippen LogP contribution in [-0.4, -0.2) is 49.0 Å². The molecule has 0 bridgehead atoms. The van der Waals surface area contributed by atoms with Gasteiger partial charge in [-0.15, -0.1) is 0 Å². The van der Waals surface area contributed by atoms with E-state index in [4.69, 9.17) is 0 Å². The lowest BCUT2D eigenvalue weighted by atomic mass is 10.0. The summed E-state index contributed by atoms with van der Waals surface area (Å²) >= 11 is 0. The maximum atomic E-state index is 12.8. The zero-order chi connectivity index (χ0) is 11.7. The van der Waals surface area contributed by atoms with E-state index in [9.17, 15) is 17.6 Å². The van der Waals surface area contributed by atoms with E-state index >= 15 is 0 Å². The van der Waals surface area contributed by atoms with Gasteiger partial charge in [0.1, 0.15) is 0 Å². The van der Waals surface area contributed by atoms with Crippen LogP contribution in [0, 0.1) is 0 Å². The van der Waals surface area contributed by atoms with Crippen LogP contribution in [-0.2, 0) is 0 Å². The van der Waals surface area contributed by atoms with Crippen LogP contribution in [0.25, 0.3) is 0 Å². The summed E-state index contributed by atoms with van der Waals surface area (Å²) in [6.45, 7) is 4.14. The third-order valence-corrected chi connectivity index (χ3v) is 2.40. The van der Waals surface area contributed by atoms with Gasteiger partial charge in [-0.25, -0.2) is 8.78 Å². The lowest BCUT2D eigenvalue weighted by molar-refractivity contribution is -0.145. The highest BCUT2D eigenvalue weighted by Gasteiger charge is 2.43. The van der Waals surface area contributed by atoms with Crippen molar-refractivity contribution in [1.82, 2.24) is 10.2 Å². The molecule has 1 heterocycles. The molecule has 0 aromatic rings. The van der Waals surface area contributed by atoms with E-state index < -0.39 is 18.9 Å². The Bertz CT molecular complexity index is 218. The van der Waals surface area contributed by atoms with Crippen molar-refractivity contribution in [2.75, 3.05) is 26.2 Å². The van der Waals surface area contributed by atoms with Crippen LogP contribution >= 0.6 is 0 Å². The zero-order valence-corrected chi connectivity index (χ0v) is 8.86. The lowest BCUT2D eigenvalue weighted by Gasteiger charge is -2.40. The van der Waals surface area contributed by atoms with Gasteiger partial charge >= 0.3 is 12.3 Å². The Hall–Kier alpha value is -0.360. The summed E-state index contributed by atoms with van der Waals surface area (Å²) in [6, 6.07) is 0. The molecule has 1 aliphatic heterocycles. The number of nitrogens with one attached hydrogen (secondary N) is 1. The van der Waals surface area contributed by atoms with Gasteiger partial charge in [0.2, 0.25) is 0 Å². The Kier molecular flexibility index (Phi) is 3.60. The molecule has 0 aliphatic carbocycles. The Morgan fingerprint density at radius 2 is 2.00 bits per heavy atom. The van der Waals surface area contributed by atoms with E-state index in [0.717, 1.165) is 0 Å². The molecule has 0 saturated carbocycles. The topological polar surface area (TPSA) is 15.3 Å². The minimum absolute atomic E-state index is 0.295. The second-order valence-electron chi connectivity index (χ2n) is 4.58. The Balaban J connectivity index is 2.52. The third kappa shape index (κ3) is 3.61. The van der Waals surface area contributed by atoms with Crippen molar-refractivity contribution in [3.8, 4) is 0 Å². The molecule has 0 spiro atoms. The van der Waals surface area contributed by atoms with Crippen LogP contribution < -0.4 is 5.32 Å². The highest BCUT2D eigenvalue weighted by atomic mass is 19.3. The Morgan fingerprint density at radius 3 is 2.47 bits per heavy atom. The van der Waals surface area contributed by atoms with Crippen molar-refractivity contribution in [3.63, 3.8) is 0 Å². The molecular formula is C9H16F4N2. The normalized spacial score (nSPS) is 23.4. The van der Waals surface area contributed by atoms with Crippen LogP contribution in [0.1, 0.15) is 13.8 Å². The van der Waals surface area contributed by atoms with Gasteiger partial charge < -0.3 is 5.32 Å². The summed E-state index contributed by atoms with van der Waals surface area (Å²) in [5.74, 6) is -3.91. The maximum absolute atomic E-state index is 12.8. The van der Waals surface area contributed by atoms with E-state index in [2.05, 4.69) is 5.32 Å². The molecular weight excluding hydrogens is 212 g/mol. The number of piperazine rings is 1. The minimum Gasteiger partial charge on any atom is -0.309 e. The first kappa shape index (κ1) is 12.7. The highest BCUT2D eigenvalue weighted by molar-refractivity contribution is 4.89. The van der Waals surface area contributed by atoms with Gasteiger partial charge in [0, 0.05) is 25.2 Å². The molecule has 1 saturated heterocycles. The fraction of sp³-hybridized carbons (Fsp3) is 1.00. The molecule has 0 radical (unpaired) electrons. The van der Waals surface area contributed by atoms with Gasteiger partial charge in [0.05, 0.1) is 6.54 Å². The summed E-state index contributed by atoms with van der Waals surface area (Å²) < 4.78 is 49.5. The van der Waals surface area contributed by atoms with Crippen molar-refractivity contribution in [1.29, 1.82) is 0 Å². The lowest BCUT2D eigenvalue weighted by Crippen LogP contribution is -2.59. The van der Waals surface area contributed by atoms with E-state index in [-0.39, 0.29) is 5.54 Å². The molecule has 2 nitrogen and oxygen atoms in total. The average molecular weight is 228 g/mol. The van der Waals surface area contributed by atoms with E-state index in [1.54, 1.807) is 0 Å². The Morgan fingerprint density at radius 1 is 1.40 bits per heavy atom. The largest absolute Gasteiger partial charge is 0.319 e. The number of alkyl halides is 4. The molecule has 1 fully saturated rings. The monoisotopic (exact) mass is 228 g/mol. The first-order valence-electron chi connectivity index (χ1n) is 4.86. The predicted molar refractivity (Wildman–Crippen MR) is 49.5 cm³/mol. The van der Waals surface area contributed by atoms with Gasteiger partial charge in [-0.2, -0.15) is 8.78 Å². The summed E-state index contributed by atoms with van der Waals surface area (Å²) in [6.07, 6.45) is -3.59. The van der Waals surface area contributed by atoms with Crippen LogP contribution in [0.15, 0.2) is 0 Å². The van der Waals surface area contributed by atoms with Crippen molar-refractivity contribution in [3.05, 3.63) is 0 Å². The predicted octanol–water partition coefficient (Wildman–Crippen LogP) is 1.57. The van der Waals surface area contributed by atoms with E-state index in [1.165, 1.54) is 4.90 Å². The molecule has 15 heavy (non-hydrogen) atoms. The first-order chi connectivity index (χ1) is 6.73. The SMILES string of the molecule is CC1(C)CN(CC(F)(F)C(F)F)CCN1. The molecule has 0 amide bonds. The second kappa shape index (κ2) is 4.25. The minimum atomic E-state index is -3.91. The van der Waals surface area contributed by atoms with Crippen molar-refractivity contribution < 1.29 is 17.6 Å². The highest BCUT2D eigenvalue weighted by Crippen LogP contribution is 2.25. The maximum Gasteiger partial charge on any atom is 0.319 e. The molecule has 0 atom stereocenters. The number of rotatable bonds is 3. The fourth-order valence-corrected chi connectivity index (χ4v) is 1.75. The smallest absolute Gasteiger partial charge is 0.309 e. The molecule has 6 heteroatoms. The number of hydrogen-bond acceptors (Lipinski definition) is 2. The van der Waals surface area contributed by atoms with E-state index in [1.807, 2.05) is 13.8 Å². The molecule has 0 aromatic carbocycles. The molecule has 0 unspecified atom stereocenters. The molecule has 90 valence electrons. The fourth-order valence-electron chi connectivity index (χ4n) is 1.75. The van der Waals surface area contributed by atoms with Gasteiger partial charge in [0.15, 0.2) is 0 Å². The molecule has 1 rings (SSSR count). The van der Waals surface area contributed by atoms with Crippen LogP contribution in [0.2, 0.25) is 0 Å². The summed E-state index contributed by atoms with van der Waals surface area (Å²) in [4.78, 5) is 1.38. The summed E-state index contributed by atoms with van der Waals surface area (Å²) in [5.41, 5.74) is -0.295. The summed E-state index contributed by atoms with van der Waals surface area (Å²) in [5, 5.41) is 3.13. The van der Waals surface area contributed by atoms with Gasteiger partial charge in [0.25, 0.3) is 0 Å². The van der Waals surface area contributed by atoms with E-state index in [0.29, 0.717) is 19.6 Å². The van der Waals surface area contributed by atoms with Gasteiger partial charge in [-0.3, -0.25) is 4.90 Å². The number of halogens is 4. The van der Waals surface area contributed by atoms with Gasteiger partial charge in [-0.05, 0) is 13.8 Å². The standard InChI is InChI=1S/C9H16F4N2/c1-8(2)5-15(4-3-14-8)6-9(12,13)7(10)11/h7,14H,3-6H2,1-2H3. The molecule has 0 aromatic heterocycles. The quantitative estimate of drug-likeness (QED) is 0.738. The number of hydrogen-bond donors (Lipinski definition) is 1. The second-order valence-corrected chi connectivity index (χ2v) is 4.58. The first-order valence-corrected chi connectivity index (χ1v) is 4.86. The third-order valence-electron chi connectivity index (χ3n) is 2.40. The zero-order valence-electron chi connectivity index (χ0n) is 8.86. The van der Waals surface area contributed by atoms with Gasteiger partial charge in [-0.1, -0.05) is 0 Å². The van der Waals surface area contributed by atoms with Crippen molar-refractivity contribution >= 4 is 0 Å². The Labute approximate surface area is 86.6 Å². The van der Waals surface area contributed by atoms with Crippen molar-refractivity contribution in [2.45, 2.75) is 31.7 Å². The number of nitrogens with zero attached hydrogens (tertiary/aromatic N) is 1. The van der Waals surface area contributed by atoms with Crippen LogP contribution in [0.4, 0.5) is 17.6 Å². The van der Waals surface area contributed by atoms with Crippen molar-refractivity contribution in [2.24, 2.45) is 0 Å². The molecule has 1 N–H and O–H groups in total. The van der Waals surface area contributed by atoms with Crippen LogP contribution in [0.5, 0.6) is 0 Å². The van der Waals surface area contributed by atoms with Crippen LogP contribution in [0.3, 0.4) is 0 Å². The average Bonchev–Trinajstić information content (AvgIpc) is 2.00.